The van der Waals surface area contributed by atoms with E-state index in [9.17, 15) is 9.59 Å². The molecule has 2 aromatic rings. The van der Waals surface area contributed by atoms with Crippen molar-refractivity contribution < 1.29 is 19.1 Å². The molecule has 0 aliphatic heterocycles. The Morgan fingerprint density at radius 3 is 2.58 bits per heavy atom. The van der Waals surface area contributed by atoms with Crippen molar-refractivity contribution in [2.75, 3.05) is 13.2 Å². The molecule has 0 aromatic heterocycles. The Kier molecular flexibility index (Phi) is 7.17. The van der Waals surface area contributed by atoms with E-state index in [1.165, 1.54) is 6.21 Å². The van der Waals surface area contributed by atoms with E-state index in [1.807, 2.05) is 37.3 Å². The van der Waals surface area contributed by atoms with Gasteiger partial charge in [0.2, 0.25) is 5.91 Å². The SMILES string of the molecule is CCOc1cc(/C=N/NC(=O)Cc2ccccc2)ccc1OCC(N)=O. The van der Waals surface area contributed by atoms with Gasteiger partial charge in [0.25, 0.3) is 5.91 Å². The van der Waals surface area contributed by atoms with Gasteiger partial charge in [-0.3, -0.25) is 9.59 Å². The topological polar surface area (TPSA) is 103 Å². The fourth-order valence-electron chi connectivity index (χ4n) is 2.14. The summed E-state index contributed by atoms with van der Waals surface area (Å²) in [5.74, 6) is 0.0994. The molecule has 0 radical (unpaired) electrons. The Balaban J connectivity index is 1.97. The molecule has 0 aliphatic carbocycles. The van der Waals surface area contributed by atoms with Crippen molar-refractivity contribution in [1.82, 2.24) is 5.43 Å². The van der Waals surface area contributed by atoms with E-state index in [2.05, 4.69) is 10.5 Å². The molecule has 7 nitrogen and oxygen atoms in total. The standard InChI is InChI=1S/C19H21N3O4/c1-2-25-17-10-15(8-9-16(17)26-13-18(20)23)12-21-22-19(24)11-14-6-4-3-5-7-14/h3-10,12H,2,11,13H2,1H3,(H2,20,23)(H,22,24)/b21-12+. The van der Waals surface area contributed by atoms with Crippen LogP contribution in [0.3, 0.4) is 0 Å². The van der Waals surface area contributed by atoms with Crippen LogP contribution < -0.4 is 20.6 Å². The fraction of sp³-hybridized carbons (Fsp3) is 0.211. The van der Waals surface area contributed by atoms with Gasteiger partial charge in [0.1, 0.15) is 0 Å². The van der Waals surface area contributed by atoms with Crippen LogP contribution in [0.2, 0.25) is 0 Å². The summed E-state index contributed by atoms with van der Waals surface area (Å²) in [5, 5.41) is 3.95. The van der Waals surface area contributed by atoms with Gasteiger partial charge in [-0.05, 0) is 36.2 Å². The lowest BCUT2D eigenvalue weighted by molar-refractivity contribution is -0.121. The molecule has 26 heavy (non-hydrogen) atoms. The average Bonchev–Trinajstić information content (AvgIpc) is 2.62. The molecule has 7 heteroatoms. The number of hydrogen-bond donors (Lipinski definition) is 2. The smallest absolute Gasteiger partial charge is 0.255 e. The van der Waals surface area contributed by atoms with E-state index in [4.69, 9.17) is 15.2 Å². The molecular formula is C19H21N3O4. The Morgan fingerprint density at radius 2 is 1.88 bits per heavy atom. The van der Waals surface area contributed by atoms with Crippen LogP contribution in [-0.2, 0) is 16.0 Å². The third-order valence-corrected chi connectivity index (χ3v) is 3.25. The normalized spacial score (nSPS) is 10.5. The number of amides is 2. The van der Waals surface area contributed by atoms with Gasteiger partial charge in [-0.15, -0.1) is 0 Å². The highest BCUT2D eigenvalue weighted by atomic mass is 16.5. The first kappa shape index (κ1) is 19.0. The first-order valence-corrected chi connectivity index (χ1v) is 8.12. The van der Waals surface area contributed by atoms with E-state index in [0.29, 0.717) is 23.7 Å². The van der Waals surface area contributed by atoms with Crippen LogP contribution in [0.25, 0.3) is 0 Å². The molecule has 2 aromatic carbocycles. The zero-order valence-corrected chi connectivity index (χ0v) is 14.5. The number of rotatable bonds is 9. The Hall–Kier alpha value is -3.35. The van der Waals surface area contributed by atoms with Crippen LogP contribution in [0.5, 0.6) is 11.5 Å². The van der Waals surface area contributed by atoms with Crippen LogP contribution in [-0.4, -0.2) is 31.2 Å². The van der Waals surface area contributed by atoms with Crippen molar-refractivity contribution in [3.8, 4) is 11.5 Å². The summed E-state index contributed by atoms with van der Waals surface area (Å²) < 4.78 is 10.8. The molecule has 0 saturated heterocycles. The van der Waals surface area contributed by atoms with Crippen molar-refractivity contribution in [3.05, 3.63) is 59.7 Å². The number of carbonyl (C=O) groups is 2. The first-order valence-electron chi connectivity index (χ1n) is 8.12. The van der Waals surface area contributed by atoms with E-state index in [-0.39, 0.29) is 18.9 Å². The number of nitrogens with one attached hydrogen (secondary N) is 1. The minimum absolute atomic E-state index is 0.209. The molecule has 0 aliphatic rings. The monoisotopic (exact) mass is 355 g/mol. The van der Waals surface area contributed by atoms with Gasteiger partial charge in [-0.1, -0.05) is 30.3 Å². The summed E-state index contributed by atoms with van der Waals surface area (Å²) in [5.41, 5.74) is 9.18. The van der Waals surface area contributed by atoms with Gasteiger partial charge in [0.15, 0.2) is 18.1 Å². The highest BCUT2D eigenvalue weighted by Crippen LogP contribution is 2.27. The van der Waals surface area contributed by atoms with E-state index < -0.39 is 5.91 Å². The predicted molar refractivity (Wildman–Crippen MR) is 98.2 cm³/mol. The fourth-order valence-corrected chi connectivity index (χ4v) is 2.14. The minimum Gasteiger partial charge on any atom is -0.490 e. The number of nitrogens with two attached hydrogens (primary N) is 1. The largest absolute Gasteiger partial charge is 0.490 e. The zero-order valence-electron chi connectivity index (χ0n) is 14.5. The Bertz CT molecular complexity index is 776. The van der Waals surface area contributed by atoms with Crippen LogP contribution in [0, 0.1) is 0 Å². The average molecular weight is 355 g/mol. The van der Waals surface area contributed by atoms with Crippen molar-refractivity contribution in [1.29, 1.82) is 0 Å². The van der Waals surface area contributed by atoms with Gasteiger partial charge in [-0.2, -0.15) is 5.10 Å². The van der Waals surface area contributed by atoms with Gasteiger partial charge >= 0.3 is 0 Å². The lowest BCUT2D eigenvalue weighted by atomic mass is 10.1. The van der Waals surface area contributed by atoms with Gasteiger partial charge in [-0.25, -0.2) is 5.43 Å². The number of hydrazone groups is 1. The molecule has 0 spiro atoms. The van der Waals surface area contributed by atoms with E-state index in [0.717, 1.165) is 5.56 Å². The maximum absolute atomic E-state index is 11.9. The minimum atomic E-state index is -0.570. The van der Waals surface area contributed by atoms with Gasteiger partial charge < -0.3 is 15.2 Å². The van der Waals surface area contributed by atoms with Gasteiger partial charge in [0, 0.05) is 0 Å². The van der Waals surface area contributed by atoms with Crippen LogP contribution in [0.15, 0.2) is 53.6 Å². The second-order valence-electron chi connectivity index (χ2n) is 5.35. The molecule has 0 bridgehead atoms. The lowest BCUT2D eigenvalue weighted by Gasteiger charge is -2.11. The quantitative estimate of drug-likeness (QED) is 0.527. The molecule has 0 heterocycles. The number of nitrogens with zero attached hydrogens (tertiary/aromatic N) is 1. The van der Waals surface area contributed by atoms with Crippen LogP contribution >= 0.6 is 0 Å². The maximum atomic E-state index is 11.9. The molecule has 2 rings (SSSR count). The summed E-state index contributed by atoms with van der Waals surface area (Å²) in [7, 11) is 0. The van der Waals surface area contributed by atoms with Crippen molar-refractivity contribution in [3.63, 3.8) is 0 Å². The van der Waals surface area contributed by atoms with Crippen molar-refractivity contribution in [2.45, 2.75) is 13.3 Å². The molecule has 136 valence electrons. The van der Waals surface area contributed by atoms with Crippen LogP contribution in [0.1, 0.15) is 18.1 Å². The molecule has 0 saturated carbocycles. The molecule has 0 unspecified atom stereocenters. The molecule has 0 atom stereocenters. The van der Waals surface area contributed by atoms with E-state index in [1.54, 1.807) is 18.2 Å². The number of benzene rings is 2. The highest BCUT2D eigenvalue weighted by Gasteiger charge is 2.07. The third-order valence-electron chi connectivity index (χ3n) is 3.25. The molecular weight excluding hydrogens is 334 g/mol. The zero-order chi connectivity index (χ0) is 18.8. The lowest BCUT2D eigenvalue weighted by Crippen LogP contribution is -2.20. The summed E-state index contributed by atoms with van der Waals surface area (Å²) in [6.45, 7) is 2.03. The first-order chi connectivity index (χ1) is 12.6. The second kappa shape index (κ2) is 9.83. The Morgan fingerprint density at radius 1 is 1.12 bits per heavy atom. The Labute approximate surface area is 151 Å². The summed E-state index contributed by atoms with van der Waals surface area (Å²) >= 11 is 0. The van der Waals surface area contributed by atoms with E-state index >= 15 is 0 Å². The highest BCUT2D eigenvalue weighted by molar-refractivity contribution is 5.84. The number of hydrogen-bond acceptors (Lipinski definition) is 5. The molecule has 2 amide bonds. The molecule has 3 N–H and O–H groups in total. The summed E-state index contributed by atoms with van der Waals surface area (Å²) in [6.07, 6.45) is 1.76. The van der Waals surface area contributed by atoms with Gasteiger partial charge in [0.05, 0.1) is 19.2 Å². The summed E-state index contributed by atoms with van der Waals surface area (Å²) in [4.78, 5) is 22.7. The third kappa shape index (κ3) is 6.27. The number of primary amides is 1. The van der Waals surface area contributed by atoms with Crippen molar-refractivity contribution in [2.24, 2.45) is 10.8 Å². The predicted octanol–water partition coefficient (Wildman–Crippen LogP) is 1.64. The maximum Gasteiger partial charge on any atom is 0.255 e. The molecule has 0 fully saturated rings. The van der Waals surface area contributed by atoms with Crippen LogP contribution in [0.4, 0.5) is 0 Å². The number of ether oxygens (including phenoxy) is 2. The second-order valence-corrected chi connectivity index (χ2v) is 5.35. The summed E-state index contributed by atoms with van der Waals surface area (Å²) in [6, 6.07) is 14.5. The number of carbonyl (C=O) groups excluding carboxylic acids is 2. The van der Waals surface area contributed by atoms with Crippen molar-refractivity contribution >= 4 is 18.0 Å².